The van der Waals surface area contributed by atoms with E-state index in [-0.39, 0.29) is 30.6 Å². The molecule has 0 aliphatic carbocycles. The van der Waals surface area contributed by atoms with E-state index < -0.39 is 5.41 Å². The van der Waals surface area contributed by atoms with E-state index in [4.69, 9.17) is 19.4 Å². The molecule has 0 radical (unpaired) electrons. The number of aliphatic hydroxyl groups is 1. The maximum Gasteiger partial charge on any atom is 0.312 e. The molecule has 1 amide bonds. The normalized spacial score (nSPS) is 22.9. The molecule has 1 spiro atoms. The van der Waals surface area contributed by atoms with Gasteiger partial charge in [0.25, 0.3) is 12.4 Å². The standard InChI is InChI=1S/C22H31N3O5.CH2O2/c1-15-11-18(19(29-2)13-23-15)20(27)25-9-5-22(6-10-25)12-17(30-21(22)28)14-24-7-3-16(26)4-8-24;2-1-3/h11,13,16-17,26H,3-10,12,14H2,1-2H3;1H,(H,2,3). The maximum atomic E-state index is 13.0. The van der Waals surface area contributed by atoms with Crippen molar-refractivity contribution in [1.29, 1.82) is 0 Å². The fourth-order valence-corrected chi connectivity index (χ4v) is 4.92. The summed E-state index contributed by atoms with van der Waals surface area (Å²) in [7, 11) is 1.53. The van der Waals surface area contributed by atoms with Crippen LogP contribution in [0.5, 0.6) is 5.75 Å². The number of ether oxygens (including phenoxy) is 2. The van der Waals surface area contributed by atoms with Gasteiger partial charge in [0.1, 0.15) is 11.9 Å². The van der Waals surface area contributed by atoms with Crippen molar-refractivity contribution in [3.63, 3.8) is 0 Å². The maximum absolute atomic E-state index is 13.0. The minimum Gasteiger partial charge on any atom is -0.494 e. The van der Waals surface area contributed by atoms with Crippen LogP contribution in [0, 0.1) is 12.3 Å². The number of carbonyl (C=O) groups is 3. The molecule has 1 aromatic rings. The molecule has 1 aromatic heterocycles. The van der Waals surface area contributed by atoms with E-state index in [1.54, 1.807) is 17.2 Å². The highest BCUT2D eigenvalue weighted by molar-refractivity contribution is 5.97. The molecular weight excluding hydrogens is 430 g/mol. The molecule has 10 heteroatoms. The Hall–Kier alpha value is -2.72. The number of hydrogen-bond donors (Lipinski definition) is 2. The van der Waals surface area contributed by atoms with Crippen LogP contribution in [0.3, 0.4) is 0 Å². The number of carbonyl (C=O) groups excluding carboxylic acids is 2. The SMILES string of the molecule is COc1cnc(C)cc1C(=O)N1CCC2(CC1)CC(CN1CCC(O)CC1)OC2=O.O=CO. The summed E-state index contributed by atoms with van der Waals surface area (Å²) < 4.78 is 11.1. The summed E-state index contributed by atoms with van der Waals surface area (Å²) in [4.78, 5) is 42.4. The van der Waals surface area contributed by atoms with Crippen molar-refractivity contribution >= 4 is 18.3 Å². The molecule has 3 aliphatic rings. The lowest BCUT2D eigenvalue weighted by molar-refractivity contribution is -0.151. The number of carboxylic acid groups (broad SMARTS) is 1. The minimum atomic E-state index is -0.477. The van der Waals surface area contributed by atoms with E-state index in [1.807, 2.05) is 6.92 Å². The van der Waals surface area contributed by atoms with Crippen molar-refractivity contribution in [2.24, 2.45) is 5.41 Å². The topological polar surface area (TPSA) is 130 Å². The number of aliphatic hydroxyl groups excluding tert-OH is 1. The molecular formula is C23H33N3O7. The third-order valence-corrected chi connectivity index (χ3v) is 6.81. The third-order valence-electron chi connectivity index (χ3n) is 6.81. The van der Waals surface area contributed by atoms with Crippen molar-refractivity contribution in [2.45, 2.75) is 51.2 Å². The number of pyridine rings is 1. The average molecular weight is 464 g/mol. The van der Waals surface area contributed by atoms with Gasteiger partial charge in [-0.1, -0.05) is 0 Å². The number of rotatable bonds is 4. The van der Waals surface area contributed by atoms with Crippen LogP contribution in [0.15, 0.2) is 12.3 Å². The number of hydrogen-bond acceptors (Lipinski definition) is 8. The molecule has 1 unspecified atom stereocenters. The highest BCUT2D eigenvalue weighted by atomic mass is 16.6. The molecule has 182 valence electrons. The number of methoxy groups -OCH3 is 1. The number of aryl methyl sites for hydroxylation is 1. The quantitative estimate of drug-likeness (QED) is 0.498. The van der Waals surface area contributed by atoms with Crippen LogP contribution in [0.1, 0.15) is 48.2 Å². The van der Waals surface area contributed by atoms with Crippen molar-refractivity contribution in [3.8, 4) is 5.75 Å². The van der Waals surface area contributed by atoms with Crippen molar-refractivity contribution < 1.29 is 34.1 Å². The van der Waals surface area contributed by atoms with Crippen LogP contribution >= 0.6 is 0 Å². The first-order valence-corrected chi connectivity index (χ1v) is 11.3. The zero-order valence-electron chi connectivity index (χ0n) is 19.2. The Kier molecular flexibility index (Phi) is 8.25. The van der Waals surface area contributed by atoms with E-state index >= 15 is 0 Å². The number of esters is 1. The number of aromatic nitrogens is 1. The summed E-state index contributed by atoms with van der Waals surface area (Å²) in [5.74, 6) is 0.272. The summed E-state index contributed by atoms with van der Waals surface area (Å²) in [5.41, 5.74) is 0.801. The fourth-order valence-electron chi connectivity index (χ4n) is 4.92. The average Bonchev–Trinajstić information content (AvgIpc) is 3.10. The van der Waals surface area contributed by atoms with Crippen molar-refractivity contribution in [2.75, 3.05) is 39.8 Å². The first-order valence-electron chi connectivity index (χ1n) is 11.3. The summed E-state index contributed by atoms with van der Waals surface area (Å²) >= 11 is 0. The van der Waals surface area contributed by atoms with Crippen LogP contribution in [-0.2, 0) is 14.3 Å². The number of cyclic esters (lactones) is 1. The number of piperidine rings is 2. The van der Waals surface area contributed by atoms with E-state index in [9.17, 15) is 14.7 Å². The highest BCUT2D eigenvalue weighted by Gasteiger charge is 2.51. The van der Waals surface area contributed by atoms with Gasteiger partial charge in [-0.15, -0.1) is 0 Å². The molecule has 33 heavy (non-hydrogen) atoms. The lowest BCUT2D eigenvalue weighted by atomic mass is 9.76. The summed E-state index contributed by atoms with van der Waals surface area (Å²) in [5, 5.41) is 16.6. The van der Waals surface area contributed by atoms with Gasteiger partial charge in [0.2, 0.25) is 0 Å². The lowest BCUT2D eigenvalue weighted by Gasteiger charge is -2.37. The molecule has 3 aliphatic heterocycles. The van der Waals surface area contributed by atoms with E-state index in [2.05, 4.69) is 9.88 Å². The minimum absolute atomic E-state index is 0.0815. The molecule has 0 bridgehead atoms. The van der Waals surface area contributed by atoms with Crippen LogP contribution in [0.2, 0.25) is 0 Å². The monoisotopic (exact) mass is 463 g/mol. The van der Waals surface area contributed by atoms with Gasteiger partial charge in [-0.3, -0.25) is 24.3 Å². The van der Waals surface area contributed by atoms with Crippen LogP contribution in [0.25, 0.3) is 0 Å². The zero-order chi connectivity index (χ0) is 24.0. The van der Waals surface area contributed by atoms with Crippen LogP contribution in [0.4, 0.5) is 0 Å². The van der Waals surface area contributed by atoms with Gasteiger partial charge >= 0.3 is 5.97 Å². The van der Waals surface area contributed by atoms with Crippen molar-refractivity contribution in [3.05, 3.63) is 23.5 Å². The summed E-state index contributed by atoms with van der Waals surface area (Å²) in [6.07, 6.45) is 4.79. The Morgan fingerprint density at radius 2 is 1.94 bits per heavy atom. The summed E-state index contributed by atoms with van der Waals surface area (Å²) in [6.45, 7) is 5.08. The van der Waals surface area contributed by atoms with Gasteiger partial charge in [0.05, 0.1) is 30.4 Å². The first-order chi connectivity index (χ1) is 15.8. The van der Waals surface area contributed by atoms with Gasteiger partial charge in [-0.2, -0.15) is 0 Å². The van der Waals surface area contributed by atoms with Crippen LogP contribution < -0.4 is 4.74 Å². The molecule has 10 nitrogen and oxygen atoms in total. The predicted octanol–water partition coefficient (Wildman–Crippen LogP) is 1.09. The Balaban J connectivity index is 0.000000968. The van der Waals surface area contributed by atoms with Gasteiger partial charge < -0.3 is 24.6 Å². The van der Waals surface area contributed by atoms with Gasteiger partial charge in [0, 0.05) is 44.8 Å². The molecule has 3 fully saturated rings. The molecule has 3 saturated heterocycles. The van der Waals surface area contributed by atoms with E-state index in [0.717, 1.165) is 38.2 Å². The van der Waals surface area contributed by atoms with Crippen LogP contribution in [-0.4, -0.2) is 95.4 Å². The molecule has 1 atom stereocenters. The Labute approximate surface area is 193 Å². The molecule has 4 rings (SSSR count). The number of nitrogens with zero attached hydrogens (tertiary/aromatic N) is 3. The zero-order valence-corrected chi connectivity index (χ0v) is 19.2. The second kappa shape index (κ2) is 10.9. The smallest absolute Gasteiger partial charge is 0.312 e. The highest BCUT2D eigenvalue weighted by Crippen LogP contribution is 2.43. The largest absolute Gasteiger partial charge is 0.494 e. The Morgan fingerprint density at radius 3 is 2.55 bits per heavy atom. The number of amides is 1. The molecule has 2 N–H and O–H groups in total. The second-order valence-electron chi connectivity index (χ2n) is 8.97. The van der Waals surface area contributed by atoms with Crippen molar-refractivity contribution in [1.82, 2.24) is 14.8 Å². The third kappa shape index (κ3) is 5.80. The molecule has 4 heterocycles. The van der Waals surface area contributed by atoms with E-state index in [0.29, 0.717) is 43.7 Å². The predicted molar refractivity (Wildman–Crippen MR) is 118 cm³/mol. The number of likely N-dealkylation sites (tertiary alicyclic amines) is 2. The Bertz CT molecular complexity index is 846. The van der Waals surface area contributed by atoms with Gasteiger partial charge in [0.15, 0.2) is 0 Å². The lowest BCUT2D eigenvalue weighted by Crippen LogP contribution is -2.45. The fraction of sp³-hybridized carbons (Fsp3) is 0.652. The molecule has 0 aromatic carbocycles. The van der Waals surface area contributed by atoms with E-state index in [1.165, 1.54) is 7.11 Å². The first kappa shape index (κ1) is 24.9. The van der Waals surface area contributed by atoms with Gasteiger partial charge in [-0.25, -0.2) is 0 Å². The van der Waals surface area contributed by atoms with Gasteiger partial charge in [-0.05, 0) is 38.7 Å². The second-order valence-corrected chi connectivity index (χ2v) is 8.97. The summed E-state index contributed by atoms with van der Waals surface area (Å²) in [6, 6.07) is 1.75. The molecule has 0 saturated carbocycles. The Morgan fingerprint density at radius 1 is 1.30 bits per heavy atom.